The highest BCUT2D eigenvalue weighted by Crippen LogP contribution is 2.55. The second-order valence-corrected chi connectivity index (χ2v) is 35.1. The number of amides is 4. The lowest BCUT2D eigenvalue weighted by Crippen LogP contribution is -2.63. The van der Waals surface area contributed by atoms with Crippen molar-refractivity contribution in [3.05, 3.63) is 238 Å². The van der Waals surface area contributed by atoms with Crippen LogP contribution in [0.1, 0.15) is 100.0 Å². The largest absolute Gasteiger partial charge is 0.507 e. The van der Waals surface area contributed by atoms with Crippen molar-refractivity contribution in [3.63, 3.8) is 0 Å². The Morgan fingerprint density at radius 1 is 0.485 bits per heavy atom. The average Bonchev–Trinajstić information content (AvgIpc) is 1.16. The number of carbonyl (C=O) groups is 4. The van der Waals surface area contributed by atoms with Crippen LogP contribution >= 0.6 is 34.8 Å². The molecule has 6 aliphatic heterocycles. The van der Waals surface area contributed by atoms with Gasteiger partial charge in [-0.2, -0.15) is 15.0 Å². The van der Waals surface area contributed by atoms with Gasteiger partial charge in [-0.15, -0.1) is 0 Å². The molecule has 7 aromatic heterocycles. The van der Waals surface area contributed by atoms with Crippen molar-refractivity contribution < 1.29 is 74.4 Å². The molecule has 0 spiro atoms. The first-order chi connectivity index (χ1) is 63.7. The summed E-state index contributed by atoms with van der Waals surface area (Å²) in [5.41, 5.74) is -2.82. The van der Waals surface area contributed by atoms with E-state index in [0.717, 1.165) is 33.4 Å². The molecule has 12 aromatic rings. The molecular formula is C94H85Cl3F8N18O11. The smallest absolute Gasteiger partial charge is 0.355 e. The number of phenols is 3. The maximum atomic E-state index is 17.2. The van der Waals surface area contributed by atoms with E-state index in [-0.39, 0.29) is 183 Å². The van der Waals surface area contributed by atoms with Crippen molar-refractivity contribution in [2.45, 2.75) is 111 Å². The maximum Gasteiger partial charge on any atom is 0.355 e. The van der Waals surface area contributed by atoms with Crippen molar-refractivity contribution in [2.75, 3.05) is 97.5 Å². The molecule has 3 fully saturated rings. The topological polar surface area (TPSA) is 329 Å². The summed E-state index contributed by atoms with van der Waals surface area (Å²) in [5, 5.41) is 34.5. The summed E-state index contributed by atoms with van der Waals surface area (Å²) in [6.07, 6.45) is 8.34. The van der Waals surface area contributed by atoms with Gasteiger partial charge in [0, 0.05) is 95.2 Å². The number of hydrogen-bond donors (Lipinski definition) is 4. The molecule has 0 radical (unpaired) electrons. The van der Waals surface area contributed by atoms with Gasteiger partial charge in [0.2, 0.25) is 17.7 Å². The Kier molecular flexibility index (Phi) is 24.9. The number of aromatic nitrogens is 10. The molecule has 694 valence electrons. The van der Waals surface area contributed by atoms with Crippen molar-refractivity contribution >= 4 is 120 Å². The Labute approximate surface area is 773 Å². The van der Waals surface area contributed by atoms with E-state index in [4.69, 9.17) is 39.5 Å². The number of fused-ring (bicyclic) bond motifs is 6. The first-order valence-electron chi connectivity index (χ1n) is 42.4. The number of piperazine rings is 3. The number of likely N-dealkylation sites (N-methyl/N-ethyl adjacent to an activating group) is 1. The van der Waals surface area contributed by atoms with Crippen LogP contribution in [0.3, 0.4) is 0 Å². The van der Waals surface area contributed by atoms with Crippen molar-refractivity contribution in [1.29, 1.82) is 0 Å². The molecule has 3 saturated heterocycles. The lowest BCUT2D eigenvalue weighted by molar-refractivity contribution is -0.131. The zero-order valence-corrected chi connectivity index (χ0v) is 76.0. The molecule has 4 N–H and O–H groups in total. The standard InChI is InChI=1S/C32H30ClF2N7O4.C31H28ClF3N6O3.C31H27ClF3N5O4/c1-7-20(44)40-13-18-31(45)39(6)28-22-29(41(18)12-16(40)5)38-32(46)42(27-15(4)10-11-36-25(27)14(2)3)30(22)37-26(23(28)33)21-19(43)9-8-17(34)24(21)35;1-5-19(43)39-10-11-40-16(13-39)12-37-27-22-29(25(35)21(23(27)32)20-18(42)7-6-17(33)24(20)34)41(31(44)38-30(22)40)28-15(4)8-9-36-26(28)14(2)3;1-5-19(42)38-10-11-39-16(12-38)13-44-29-22-28(25(35)21(23(29)32)20-18(41)7-6-17(33)24(20)34)40(31(43)37-30(22)39)27-15(4)8-9-36-26(27)14(2)3/h7-11,14,16,18,43H,1,12-13H2,2-6H3;5-9,14,16,37,42H,1,10-13H2,2-4H3;5-9,14,16,41H,1,10-13H2,2-4H3. The Morgan fingerprint density at radius 3 is 1.38 bits per heavy atom. The van der Waals surface area contributed by atoms with Crippen molar-refractivity contribution in [2.24, 2.45) is 0 Å². The average molecular weight is 1900 g/mol. The molecule has 134 heavy (non-hydrogen) atoms. The van der Waals surface area contributed by atoms with E-state index < -0.39 is 149 Å². The van der Waals surface area contributed by atoms with Crippen molar-refractivity contribution in [1.82, 2.24) is 63.3 Å². The molecule has 0 aliphatic carbocycles. The number of nitrogens with zero attached hydrogens (tertiary/aromatic N) is 17. The fourth-order valence-electron chi connectivity index (χ4n) is 18.4. The van der Waals surface area contributed by atoms with Gasteiger partial charge in [0.05, 0.1) is 112 Å². The Balaban J connectivity index is 0.000000146. The molecule has 5 aromatic carbocycles. The number of ether oxygens (including phenoxy) is 1. The van der Waals surface area contributed by atoms with E-state index in [0.29, 0.717) is 58.1 Å². The van der Waals surface area contributed by atoms with Crippen LogP contribution in [0.5, 0.6) is 23.0 Å². The zero-order valence-electron chi connectivity index (χ0n) is 73.8. The third kappa shape index (κ3) is 15.3. The number of aromatic hydroxyl groups is 3. The summed E-state index contributed by atoms with van der Waals surface area (Å²) in [6, 6.07) is 7.61. The predicted octanol–water partition coefficient (Wildman–Crippen LogP) is 15.0. The number of aryl methyl sites for hydroxylation is 3. The van der Waals surface area contributed by atoms with Gasteiger partial charge in [-0.05, 0) is 135 Å². The first-order valence-corrected chi connectivity index (χ1v) is 43.5. The number of hydrogen-bond acceptors (Lipinski definition) is 22. The molecule has 4 atom stereocenters. The Bertz CT molecular complexity index is 7010. The van der Waals surface area contributed by atoms with E-state index in [1.165, 1.54) is 39.6 Å². The lowest BCUT2D eigenvalue weighted by Gasteiger charge is -2.44. The summed E-state index contributed by atoms with van der Waals surface area (Å²) in [6.45, 7) is 30.6. The van der Waals surface area contributed by atoms with Crippen LogP contribution in [0.15, 0.2) is 126 Å². The summed E-state index contributed by atoms with van der Waals surface area (Å²) in [5.74, 6) is -14.8. The highest BCUT2D eigenvalue weighted by atomic mass is 35.5. The summed E-state index contributed by atoms with van der Waals surface area (Å²) in [7, 11) is 1.45. The van der Waals surface area contributed by atoms with Gasteiger partial charge in [-0.1, -0.05) is 96.1 Å². The van der Waals surface area contributed by atoms with Gasteiger partial charge in [-0.3, -0.25) is 43.3 Å². The van der Waals surface area contributed by atoms with E-state index in [2.05, 4.69) is 59.9 Å². The predicted molar refractivity (Wildman–Crippen MR) is 491 cm³/mol. The van der Waals surface area contributed by atoms with Gasteiger partial charge in [0.15, 0.2) is 57.9 Å². The summed E-state index contributed by atoms with van der Waals surface area (Å²) in [4.78, 5) is 137. The Hall–Kier alpha value is -14.1. The zero-order chi connectivity index (χ0) is 96.6. The number of anilines is 5. The van der Waals surface area contributed by atoms with Gasteiger partial charge >= 0.3 is 17.1 Å². The third-order valence-corrected chi connectivity index (χ3v) is 25.9. The van der Waals surface area contributed by atoms with Crippen LogP contribution in [0.2, 0.25) is 15.1 Å². The highest BCUT2D eigenvalue weighted by Gasteiger charge is 2.47. The number of rotatable bonds is 12. The second-order valence-electron chi connectivity index (χ2n) is 33.9. The van der Waals surface area contributed by atoms with Crippen LogP contribution in [0.25, 0.3) is 83.4 Å². The quantitative estimate of drug-likeness (QED) is 0.0652. The number of carbonyl (C=O) groups excluding carboxylic acids is 4. The number of benzene rings is 5. The van der Waals surface area contributed by atoms with Gasteiger partial charge in [0.25, 0.3) is 5.91 Å². The highest BCUT2D eigenvalue weighted by molar-refractivity contribution is 6.40. The van der Waals surface area contributed by atoms with E-state index in [1.54, 1.807) is 84.1 Å². The normalized spacial score (nSPS) is 16.7. The first kappa shape index (κ1) is 93.2. The van der Waals surface area contributed by atoms with E-state index in [9.17, 15) is 62.1 Å². The molecule has 0 saturated carbocycles. The molecular weight excluding hydrogens is 1820 g/mol. The molecule has 40 heteroatoms. The maximum absolute atomic E-state index is 17.2. The number of nitrogens with one attached hydrogen (secondary N) is 1. The molecule has 29 nitrogen and oxygen atoms in total. The van der Waals surface area contributed by atoms with Crippen LogP contribution < -0.4 is 46.7 Å². The minimum Gasteiger partial charge on any atom is -0.507 e. The third-order valence-electron chi connectivity index (χ3n) is 24.8. The van der Waals surface area contributed by atoms with E-state index in [1.807, 2.05) is 46.4 Å². The monoisotopic (exact) mass is 1900 g/mol. The fraction of sp³-hybridized carbons (Fsp3) is 0.298. The van der Waals surface area contributed by atoms with Gasteiger partial charge in [-0.25, -0.2) is 59.1 Å². The minimum absolute atomic E-state index is 0.0160. The molecule has 13 heterocycles. The van der Waals surface area contributed by atoms with Crippen molar-refractivity contribution in [3.8, 4) is 73.6 Å². The summed E-state index contributed by atoms with van der Waals surface area (Å²) < 4.78 is 133. The molecule has 4 amide bonds. The van der Waals surface area contributed by atoms with Gasteiger partial charge < -0.3 is 59.7 Å². The molecule has 6 aliphatic rings. The number of phenolic OH excluding ortho intramolecular Hbond substituents is 3. The van der Waals surface area contributed by atoms with Crippen LogP contribution in [-0.2, 0) is 19.2 Å². The lowest BCUT2D eigenvalue weighted by atomic mass is 9.98. The minimum atomic E-state index is -1.54. The summed E-state index contributed by atoms with van der Waals surface area (Å²) >= 11 is 20.5. The molecule has 0 bridgehead atoms. The number of halogens is 11. The van der Waals surface area contributed by atoms with E-state index >= 15 is 22.0 Å². The van der Waals surface area contributed by atoms with Crippen LogP contribution in [0.4, 0.5) is 64.0 Å². The Morgan fingerprint density at radius 2 is 0.903 bits per heavy atom. The van der Waals surface area contributed by atoms with Crippen LogP contribution in [0, 0.1) is 67.3 Å². The second kappa shape index (κ2) is 35.8. The molecule has 18 rings (SSSR count). The SMILES string of the molecule is C=CC(=O)N1CC2C(=O)N(C)c3c(Cl)c(-c4c(O)ccc(F)c4F)nc4c3c(nc(=O)n4-c3c(C)ccnc3C(C)C)N2CC1C.C=CC(=O)N1CCN2c3nc(=O)n(-c4c(C)ccnc4C(C)C)c4c(F)c(-c5c(O)ccc(F)c5F)c(Cl)c(c34)NCC2C1.C=CC(=O)N1CCN2c3nc(=O)n(-c4c(C)ccnc4C(C)C)c4c(F)c(-c5c(O)ccc(F)c5F)c(Cl)c(c34)OCC2C1. The number of pyridine rings is 4. The van der Waals surface area contributed by atoms with Crippen LogP contribution in [-0.4, -0.2) is 199 Å². The fourth-order valence-corrected chi connectivity index (χ4v) is 19.4. The van der Waals surface area contributed by atoms with Gasteiger partial charge in [0.1, 0.15) is 64.1 Å². The molecule has 4 unspecified atom stereocenters.